The summed E-state index contributed by atoms with van der Waals surface area (Å²) in [7, 11) is 0. The molecule has 0 saturated heterocycles. The summed E-state index contributed by atoms with van der Waals surface area (Å²) in [5.41, 5.74) is 2.16. The van der Waals surface area contributed by atoms with Crippen LogP contribution in [0.2, 0.25) is 5.02 Å². The van der Waals surface area contributed by atoms with Gasteiger partial charge in [-0.2, -0.15) is 0 Å². The highest BCUT2D eigenvalue weighted by molar-refractivity contribution is 6.31. The highest BCUT2D eigenvalue weighted by Crippen LogP contribution is 2.20. The average molecular weight is 257 g/mol. The number of halogens is 1. The standard InChI is InChI=1S/C14H21ClO2/c1-3-17-8-4-5-13(16)10-12-7-6-11(2)9-14(12)15/h6-7,9,13,16H,3-5,8,10H2,1-2H3. The molecule has 0 fully saturated rings. The second-order valence-corrected chi connectivity index (χ2v) is 4.70. The average Bonchev–Trinajstić information content (AvgIpc) is 2.28. The molecule has 1 atom stereocenters. The number of benzene rings is 1. The molecule has 0 heterocycles. The van der Waals surface area contributed by atoms with Crippen molar-refractivity contribution in [3.05, 3.63) is 34.3 Å². The Morgan fingerprint density at radius 2 is 2.18 bits per heavy atom. The summed E-state index contributed by atoms with van der Waals surface area (Å²) in [5.74, 6) is 0. The molecular weight excluding hydrogens is 236 g/mol. The van der Waals surface area contributed by atoms with E-state index in [9.17, 15) is 5.11 Å². The Morgan fingerprint density at radius 1 is 1.41 bits per heavy atom. The van der Waals surface area contributed by atoms with Crippen molar-refractivity contribution in [2.45, 2.75) is 39.2 Å². The predicted molar refractivity (Wildman–Crippen MR) is 71.6 cm³/mol. The van der Waals surface area contributed by atoms with Crippen molar-refractivity contribution >= 4 is 11.6 Å². The molecule has 2 nitrogen and oxygen atoms in total. The third-order valence-corrected chi connectivity index (χ3v) is 3.05. The third-order valence-electron chi connectivity index (χ3n) is 2.69. The summed E-state index contributed by atoms with van der Waals surface area (Å²) >= 11 is 6.12. The first-order valence-electron chi connectivity index (χ1n) is 6.14. The minimum Gasteiger partial charge on any atom is -0.393 e. The maximum Gasteiger partial charge on any atom is 0.0581 e. The fourth-order valence-electron chi connectivity index (χ4n) is 1.74. The molecule has 0 saturated carbocycles. The number of hydrogen-bond acceptors (Lipinski definition) is 2. The number of aryl methyl sites for hydroxylation is 1. The fraction of sp³-hybridized carbons (Fsp3) is 0.571. The molecule has 0 aliphatic rings. The minimum absolute atomic E-state index is 0.337. The van der Waals surface area contributed by atoms with Gasteiger partial charge in [-0.05, 0) is 50.3 Å². The molecule has 17 heavy (non-hydrogen) atoms. The second-order valence-electron chi connectivity index (χ2n) is 4.29. The monoisotopic (exact) mass is 256 g/mol. The van der Waals surface area contributed by atoms with Crippen LogP contribution in [0.3, 0.4) is 0 Å². The molecule has 0 aliphatic carbocycles. The zero-order valence-electron chi connectivity index (χ0n) is 10.6. The minimum atomic E-state index is -0.337. The van der Waals surface area contributed by atoms with Gasteiger partial charge >= 0.3 is 0 Å². The van der Waals surface area contributed by atoms with Crippen molar-refractivity contribution in [1.29, 1.82) is 0 Å². The first-order valence-corrected chi connectivity index (χ1v) is 6.52. The van der Waals surface area contributed by atoms with Gasteiger partial charge in [0.2, 0.25) is 0 Å². The van der Waals surface area contributed by atoms with Gasteiger partial charge in [0.15, 0.2) is 0 Å². The van der Waals surface area contributed by atoms with E-state index in [1.165, 1.54) is 0 Å². The van der Waals surface area contributed by atoms with E-state index in [1.54, 1.807) is 0 Å². The van der Waals surface area contributed by atoms with Gasteiger partial charge in [0, 0.05) is 18.2 Å². The molecule has 1 N–H and O–H groups in total. The van der Waals surface area contributed by atoms with Crippen LogP contribution >= 0.6 is 11.6 Å². The topological polar surface area (TPSA) is 29.5 Å². The number of hydrogen-bond donors (Lipinski definition) is 1. The largest absolute Gasteiger partial charge is 0.393 e. The van der Waals surface area contributed by atoms with Crippen LogP contribution in [0.25, 0.3) is 0 Å². The lowest BCUT2D eigenvalue weighted by molar-refractivity contribution is 0.114. The van der Waals surface area contributed by atoms with Gasteiger partial charge in [0.1, 0.15) is 0 Å². The molecule has 0 aliphatic heterocycles. The summed E-state index contributed by atoms with van der Waals surface area (Å²) in [6.45, 7) is 5.44. The molecule has 96 valence electrons. The lowest BCUT2D eigenvalue weighted by atomic mass is 10.0. The molecule has 0 radical (unpaired) electrons. The number of ether oxygens (including phenoxy) is 1. The van der Waals surface area contributed by atoms with Crippen molar-refractivity contribution < 1.29 is 9.84 Å². The van der Waals surface area contributed by atoms with Crippen LogP contribution in [-0.2, 0) is 11.2 Å². The normalized spacial score (nSPS) is 12.7. The number of aliphatic hydroxyl groups is 1. The van der Waals surface area contributed by atoms with Crippen LogP contribution in [0, 0.1) is 6.92 Å². The predicted octanol–water partition coefficient (Wildman–Crippen LogP) is 3.37. The Kier molecular flexibility index (Phi) is 6.56. The van der Waals surface area contributed by atoms with Crippen molar-refractivity contribution in [3.63, 3.8) is 0 Å². The molecule has 3 heteroatoms. The van der Waals surface area contributed by atoms with Crippen LogP contribution < -0.4 is 0 Å². The zero-order chi connectivity index (χ0) is 12.7. The SMILES string of the molecule is CCOCCCC(O)Cc1ccc(C)cc1Cl. The smallest absolute Gasteiger partial charge is 0.0581 e. The van der Waals surface area contributed by atoms with Gasteiger partial charge in [0.25, 0.3) is 0 Å². The second kappa shape index (κ2) is 7.70. The molecule has 0 amide bonds. The zero-order valence-corrected chi connectivity index (χ0v) is 11.3. The van der Waals surface area contributed by atoms with Gasteiger partial charge in [-0.1, -0.05) is 23.7 Å². The summed E-state index contributed by atoms with van der Waals surface area (Å²) in [6, 6.07) is 5.95. The van der Waals surface area contributed by atoms with Crippen LogP contribution in [0.4, 0.5) is 0 Å². The van der Waals surface area contributed by atoms with Crippen molar-refractivity contribution in [1.82, 2.24) is 0 Å². The summed E-state index contributed by atoms with van der Waals surface area (Å²) in [4.78, 5) is 0. The van der Waals surface area contributed by atoms with E-state index in [0.717, 1.165) is 42.2 Å². The van der Waals surface area contributed by atoms with Gasteiger partial charge in [-0.3, -0.25) is 0 Å². The quantitative estimate of drug-likeness (QED) is 0.758. The van der Waals surface area contributed by atoms with E-state index < -0.39 is 0 Å². The van der Waals surface area contributed by atoms with Gasteiger partial charge in [-0.15, -0.1) is 0 Å². The Morgan fingerprint density at radius 3 is 2.82 bits per heavy atom. The maximum atomic E-state index is 9.88. The van der Waals surface area contributed by atoms with E-state index in [2.05, 4.69) is 0 Å². The lowest BCUT2D eigenvalue weighted by Crippen LogP contribution is -2.12. The van der Waals surface area contributed by atoms with E-state index >= 15 is 0 Å². The van der Waals surface area contributed by atoms with E-state index in [-0.39, 0.29) is 6.10 Å². The van der Waals surface area contributed by atoms with Crippen LogP contribution in [0.5, 0.6) is 0 Å². The van der Waals surface area contributed by atoms with Crippen LogP contribution in [0.1, 0.15) is 30.9 Å². The van der Waals surface area contributed by atoms with E-state index in [4.69, 9.17) is 16.3 Å². The van der Waals surface area contributed by atoms with Gasteiger partial charge < -0.3 is 9.84 Å². The first-order chi connectivity index (χ1) is 8.13. The molecule has 1 unspecified atom stereocenters. The highest BCUT2D eigenvalue weighted by Gasteiger charge is 2.08. The van der Waals surface area contributed by atoms with Crippen LogP contribution in [-0.4, -0.2) is 24.4 Å². The van der Waals surface area contributed by atoms with Crippen LogP contribution in [0.15, 0.2) is 18.2 Å². The van der Waals surface area contributed by atoms with E-state index in [0.29, 0.717) is 6.42 Å². The Hall–Kier alpha value is -0.570. The summed E-state index contributed by atoms with van der Waals surface area (Å²) in [5, 5.41) is 10.6. The Labute approximate surface area is 109 Å². The molecule has 1 aromatic rings. The van der Waals surface area contributed by atoms with Gasteiger partial charge in [-0.25, -0.2) is 0 Å². The van der Waals surface area contributed by atoms with Crippen molar-refractivity contribution in [3.8, 4) is 0 Å². The molecule has 1 rings (SSSR count). The number of rotatable bonds is 7. The first kappa shape index (κ1) is 14.5. The Balaban J connectivity index is 2.37. The molecule has 0 bridgehead atoms. The summed E-state index contributed by atoms with van der Waals surface area (Å²) in [6.07, 6.45) is 1.92. The van der Waals surface area contributed by atoms with E-state index in [1.807, 2.05) is 32.0 Å². The maximum absolute atomic E-state index is 9.88. The molecule has 0 aromatic heterocycles. The molecular formula is C14H21ClO2. The molecule has 1 aromatic carbocycles. The summed E-state index contributed by atoms with van der Waals surface area (Å²) < 4.78 is 5.24. The lowest BCUT2D eigenvalue weighted by Gasteiger charge is -2.12. The van der Waals surface area contributed by atoms with Crippen molar-refractivity contribution in [2.24, 2.45) is 0 Å². The van der Waals surface area contributed by atoms with Crippen molar-refractivity contribution in [2.75, 3.05) is 13.2 Å². The molecule has 0 spiro atoms. The Bertz CT molecular complexity index is 339. The fourth-order valence-corrected chi connectivity index (χ4v) is 2.05. The highest BCUT2D eigenvalue weighted by atomic mass is 35.5. The third kappa shape index (κ3) is 5.53. The van der Waals surface area contributed by atoms with Gasteiger partial charge in [0.05, 0.1) is 6.10 Å². The number of aliphatic hydroxyl groups excluding tert-OH is 1.